The minimum atomic E-state index is -0.193. The maximum Gasteiger partial charge on any atom is 0.150 e. The van der Waals surface area contributed by atoms with Crippen LogP contribution in [0.25, 0.3) is 0 Å². The van der Waals surface area contributed by atoms with Crippen molar-refractivity contribution in [2.75, 3.05) is 13.1 Å². The Bertz CT molecular complexity index is 264. The van der Waals surface area contributed by atoms with Crippen LogP contribution < -0.4 is 0 Å². The second-order valence-electron chi connectivity index (χ2n) is 4.17. The van der Waals surface area contributed by atoms with Gasteiger partial charge in [0.1, 0.15) is 0 Å². The predicted molar refractivity (Wildman–Crippen MR) is 51.6 cm³/mol. The minimum absolute atomic E-state index is 0.193. The van der Waals surface area contributed by atoms with E-state index in [4.69, 9.17) is 4.52 Å². The van der Waals surface area contributed by atoms with Crippen molar-refractivity contribution in [1.29, 1.82) is 0 Å². The summed E-state index contributed by atoms with van der Waals surface area (Å²) in [5.74, 6) is 1.42. The second kappa shape index (κ2) is 4.11. The van der Waals surface area contributed by atoms with Gasteiger partial charge in [0.05, 0.1) is 18.8 Å². The van der Waals surface area contributed by atoms with Crippen LogP contribution in [0.1, 0.15) is 19.1 Å². The fraction of sp³-hybridized carbons (Fsp3) is 0.700. The average Bonchev–Trinajstić information content (AvgIpc) is 2.54. The number of rotatable bonds is 2. The van der Waals surface area contributed by atoms with Gasteiger partial charge in [-0.1, -0.05) is 12.1 Å². The highest BCUT2D eigenvalue weighted by Crippen LogP contribution is 2.18. The number of hydrogen-bond acceptors (Lipinski definition) is 4. The lowest BCUT2D eigenvalue weighted by Gasteiger charge is -2.33. The van der Waals surface area contributed by atoms with Crippen LogP contribution in [0.4, 0.5) is 0 Å². The van der Waals surface area contributed by atoms with Crippen LogP contribution in [-0.4, -0.2) is 34.4 Å². The van der Waals surface area contributed by atoms with Gasteiger partial charge in [0, 0.05) is 19.2 Å². The van der Waals surface area contributed by atoms with E-state index < -0.39 is 0 Å². The van der Waals surface area contributed by atoms with E-state index in [1.165, 1.54) is 0 Å². The molecule has 0 aromatic carbocycles. The van der Waals surface area contributed by atoms with E-state index in [0.717, 1.165) is 31.8 Å². The molecule has 0 saturated carbocycles. The summed E-state index contributed by atoms with van der Waals surface area (Å²) in [5, 5.41) is 13.3. The molecule has 14 heavy (non-hydrogen) atoms. The van der Waals surface area contributed by atoms with Crippen molar-refractivity contribution in [3.8, 4) is 0 Å². The van der Waals surface area contributed by atoms with E-state index in [1.807, 2.05) is 6.07 Å². The number of likely N-dealkylation sites (tertiary alicyclic amines) is 1. The number of aromatic nitrogens is 1. The molecule has 2 unspecified atom stereocenters. The molecule has 0 bridgehead atoms. The number of β-amino-alcohol motifs (C(OH)–C–C–N with tert-alkyl or cyclic N) is 1. The zero-order chi connectivity index (χ0) is 9.97. The van der Waals surface area contributed by atoms with Gasteiger partial charge < -0.3 is 9.63 Å². The third-order valence-corrected chi connectivity index (χ3v) is 2.58. The van der Waals surface area contributed by atoms with Crippen LogP contribution in [0.3, 0.4) is 0 Å². The first-order valence-electron chi connectivity index (χ1n) is 5.04. The highest BCUT2D eigenvalue weighted by molar-refractivity contribution is 4.93. The van der Waals surface area contributed by atoms with E-state index in [9.17, 15) is 5.11 Å². The number of aliphatic hydroxyl groups is 1. The Morgan fingerprint density at radius 2 is 2.50 bits per heavy atom. The minimum Gasteiger partial charge on any atom is -0.392 e. The second-order valence-corrected chi connectivity index (χ2v) is 4.17. The van der Waals surface area contributed by atoms with Gasteiger partial charge in [-0.3, -0.25) is 4.90 Å². The van der Waals surface area contributed by atoms with Crippen molar-refractivity contribution in [2.45, 2.75) is 26.0 Å². The molecule has 1 aromatic rings. The third-order valence-electron chi connectivity index (χ3n) is 2.58. The molecule has 78 valence electrons. The Kier molecular flexibility index (Phi) is 2.84. The van der Waals surface area contributed by atoms with Crippen molar-refractivity contribution in [3.05, 3.63) is 18.0 Å². The largest absolute Gasteiger partial charge is 0.392 e. The Hall–Kier alpha value is -0.870. The monoisotopic (exact) mass is 196 g/mol. The summed E-state index contributed by atoms with van der Waals surface area (Å²) in [6, 6.07) is 1.87. The van der Waals surface area contributed by atoms with Gasteiger partial charge in [0.2, 0.25) is 0 Å². The molecule has 1 fully saturated rings. The van der Waals surface area contributed by atoms with Crippen LogP contribution in [0.15, 0.2) is 16.8 Å². The van der Waals surface area contributed by atoms with Gasteiger partial charge in [0.15, 0.2) is 5.76 Å². The molecular formula is C10H16N2O2. The highest BCUT2D eigenvalue weighted by atomic mass is 16.5. The van der Waals surface area contributed by atoms with Crippen LogP contribution in [0.5, 0.6) is 0 Å². The van der Waals surface area contributed by atoms with Crippen molar-refractivity contribution < 1.29 is 9.63 Å². The summed E-state index contributed by atoms with van der Waals surface area (Å²) in [7, 11) is 0. The van der Waals surface area contributed by atoms with Crippen LogP contribution in [0, 0.1) is 5.92 Å². The Labute approximate surface area is 83.5 Å². The lowest BCUT2D eigenvalue weighted by molar-refractivity contribution is 0.0368. The lowest BCUT2D eigenvalue weighted by atomic mass is 9.98. The van der Waals surface area contributed by atoms with E-state index in [-0.39, 0.29) is 6.10 Å². The molecule has 0 radical (unpaired) electrons. The average molecular weight is 196 g/mol. The van der Waals surface area contributed by atoms with Crippen molar-refractivity contribution in [3.63, 3.8) is 0 Å². The normalized spacial score (nSPS) is 29.3. The maximum atomic E-state index is 9.59. The molecule has 1 aliphatic heterocycles. The summed E-state index contributed by atoms with van der Waals surface area (Å²) >= 11 is 0. The fourth-order valence-corrected chi connectivity index (χ4v) is 2.10. The molecule has 4 heteroatoms. The summed E-state index contributed by atoms with van der Waals surface area (Å²) in [6.45, 7) is 4.68. The molecule has 4 nitrogen and oxygen atoms in total. The van der Waals surface area contributed by atoms with Crippen LogP contribution >= 0.6 is 0 Å². The van der Waals surface area contributed by atoms with E-state index in [1.54, 1.807) is 6.20 Å². The zero-order valence-corrected chi connectivity index (χ0v) is 8.39. The van der Waals surface area contributed by atoms with Crippen molar-refractivity contribution >= 4 is 0 Å². The third kappa shape index (κ3) is 2.33. The number of aliphatic hydroxyl groups excluding tert-OH is 1. The van der Waals surface area contributed by atoms with Crippen molar-refractivity contribution in [1.82, 2.24) is 10.1 Å². The Morgan fingerprint density at radius 3 is 3.14 bits per heavy atom. The van der Waals surface area contributed by atoms with Gasteiger partial charge in [-0.05, 0) is 12.3 Å². The highest BCUT2D eigenvalue weighted by Gasteiger charge is 2.23. The summed E-state index contributed by atoms with van der Waals surface area (Å²) in [4.78, 5) is 2.21. The maximum absolute atomic E-state index is 9.59. The smallest absolute Gasteiger partial charge is 0.150 e. The number of nitrogens with zero attached hydrogens (tertiary/aromatic N) is 2. The SMILES string of the molecule is CC1CC(O)CN(Cc2ccno2)C1. The molecule has 0 spiro atoms. The molecule has 1 saturated heterocycles. The van der Waals surface area contributed by atoms with E-state index in [2.05, 4.69) is 17.0 Å². The zero-order valence-electron chi connectivity index (χ0n) is 8.39. The molecule has 2 atom stereocenters. The van der Waals surface area contributed by atoms with Crippen molar-refractivity contribution in [2.24, 2.45) is 5.92 Å². The number of hydrogen-bond donors (Lipinski definition) is 1. The Balaban J connectivity index is 1.91. The number of piperidine rings is 1. The summed E-state index contributed by atoms with van der Waals surface area (Å²) in [5.41, 5.74) is 0. The fourth-order valence-electron chi connectivity index (χ4n) is 2.10. The molecule has 1 aliphatic rings. The molecule has 2 heterocycles. The van der Waals surface area contributed by atoms with Gasteiger partial charge in [-0.25, -0.2) is 0 Å². The van der Waals surface area contributed by atoms with E-state index in [0.29, 0.717) is 5.92 Å². The molecular weight excluding hydrogens is 180 g/mol. The first kappa shape index (κ1) is 9.68. The first-order valence-corrected chi connectivity index (χ1v) is 5.04. The molecule has 1 N–H and O–H groups in total. The summed E-state index contributed by atoms with van der Waals surface area (Å²) < 4.78 is 5.03. The lowest BCUT2D eigenvalue weighted by Crippen LogP contribution is -2.41. The van der Waals surface area contributed by atoms with Gasteiger partial charge in [-0.2, -0.15) is 0 Å². The topological polar surface area (TPSA) is 49.5 Å². The van der Waals surface area contributed by atoms with Gasteiger partial charge >= 0.3 is 0 Å². The quantitative estimate of drug-likeness (QED) is 0.762. The predicted octanol–water partition coefficient (Wildman–Crippen LogP) is 0.877. The molecule has 0 aliphatic carbocycles. The van der Waals surface area contributed by atoms with Gasteiger partial charge in [-0.15, -0.1) is 0 Å². The molecule has 1 aromatic heterocycles. The summed E-state index contributed by atoms with van der Waals surface area (Å²) in [6.07, 6.45) is 2.37. The first-order chi connectivity index (χ1) is 6.74. The van der Waals surface area contributed by atoms with Crippen LogP contribution in [-0.2, 0) is 6.54 Å². The van der Waals surface area contributed by atoms with E-state index >= 15 is 0 Å². The van der Waals surface area contributed by atoms with Gasteiger partial charge in [0.25, 0.3) is 0 Å². The molecule has 2 rings (SSSR count). The Morgan fingerprint density at radius 1 is 1.64 bits per heavy atom. The van der Waals surface area contributed by atoms with Crippen LogP contribution in [0.2, 0.25) is 0 Å². The standard InChI is InChI=1S/C10H16N2O2/c1-8-4-9(13)6-12(5-8)7-10-2-3-11-14-10/h2-3,8-9,13H,4-7H2,1H3. The molecule has 0 amide bonds.